The molecule has 0 bridgehead atoms. The van der Waals surface area contributed by atoms with Gasteiger partial charge in [-0.3, -0.25) is 10.1 Å². The number of rotatable bonds is 4. The molecule has 21 heavy (non-hydrogen) atoms. The maximum atomic E-state index is 11.9. The van der Waals surface area contributed by atoms with Crippen molar-refractivity contribution in [3.8, 4) is 0 Å². The minimum Gasteiger partial charge on any atom is -0.333 e. The van der Waals surface area contributed by atoms with Gasteiger partial charge in [0.25, 0.3) is 0 Å². The molecule has 6 heteroatoms. The lowest BCUT2D eigenvalue weighted by Gasteiger charge is -2.33. The van der Waals surface area contributed by atoms with Crippen molar-refractivity contribution < 1.29 is 4.79 Å². The van der Waals surface area contributed by atoms with E-state index in [0.29, 0.717) is 0 Å². The van der Waals surface area contributed by atoms with Crippen LogP contribution in [0.2, 0.25) is 0 Å². The summed E-state index contributed by atoms with van der Waals surface area (Å²) in [6, 6.07) is 9.47. The number of carbonyl (C=O) groups excluding carboxylic acids is 1. The fraction of sp³-hybridized carbons (Fsp3) is 0.400. The molecule has 1 aromatic carbocycles. The van der Waals surface area contributed by atoms with Gasteiger partial charge in [0.05, 0.1) is 0 Å². The Balaban J connectivity index is 2.71. The van der Waals surface area contributed by atoms with E-state index in [-0.39, 0.29) is 11.4 Å². The van der Waals surface area contributed by atoms with Gasteiger partial charge in [0.15, 0.2) is 0 Å². The van der Waals surface area contributed by atoms with E-state index in [2.05, 4.69) is 10.6 Å². The number of alkyl halides is 3. The summed E-state index contributed by atoms with van der Waals surface area (Å²) in [5, 5.41) is 5.71. The quantitative estimate of drug-likeness (QED) is 0.492. The van der Waals surface area contributed by atoms with Crippen molar-refractivity contribution in [3.63, 3.8) is 0 Å². The van der Waals surface area contributed by atoms with E-state index in [0.717, 1.165) is 5.56 Å². The monoisotopic (exact) mass is 348 g/mol. The average Bonchev–Trinajstić information content (AvgIpc) is 2.34. The van der Waals surface area contributed by atoms with E-state index in [9.17, 15) is 4.79 Å². The molecule has 0 saturated carbocycles. The van der Waals surface area contributed by atoms with E-state index in [1.54, 1.807) is 6.08 Å². The Kier molecular flexibility index (Phi) is 6.54. The third-order valence-electron chi connectivity index (χ3n) is 2.42. The second kappa shape index (κ2) is 7.50. The van der Waals surface area contributed by atoms with E-state index < -0.39 is 9.96 Å². The second-order valence-corrected chi connectivity index (χ2v) is 7.99. The van der Waals surface area contributed by atoms with Gasteiger partial charge in [-0.1, -0.05) is 65.1 Å². The number of amides is 1. The average molecular weight is 350 g/mol. The third-order valence-corrected chi connectivity index (χ3v) is 3.07. The second-order valence-electron chi connectivity index (χ2n) is 5.62. The van der Waals surface area contributed by atoms with Crippen molar-refractivity contribution in [3.05, 3.63) is 42.0 Å². The summed E-state index contributed by atoms with van der Waals surface area (Å²) in [6.45, 7) is 5.76. The maximum absolute atomic E-state index is 11.9. The largest absolute Gasteiger partial charge is 0.333 e. The standard InChI is InChI=1S/C15H19Cl3N2O/c1-14(2,3)20-13(15(16,17)18)19-12(21)10-9-11-7-5-4-6-8-11/h4-10,13,20H,1-3H3,(H,19,21)/b10-9+/t13-/m1/s1. The molecular formula is C15H19Cl3N2O. The molecule has 1 atom stereocenters. The van der Waals surface area contributed by atoms with Gasteiger partial charge in [-0.2, -0.15) is 0 Å². The van der Waals surface area contributed by atoms with Crippen molar-refractivity contribution in [2.45, 2.75) is 36.3 Å². The van der Waals surface area contributed by atoms with Gasteiger partial charge >= 0.3 is 0 Å². The zero-order valence-electron chi connectivity index (χ0n) is 12.2. The highest BCUT2D eigenvalue weighted by atomic mass is 35.6. The zero-order chi connectivity index (χ0) is 16.1. The van der Waals surface area contributed by atoms with Crippen molar-refractivity contribution in [2.75, 3.05) is 0 Å². The molecular weight excluding hydrogens is 331 g/mol. The van der Waals surface area contributed by atoms with Gasteiger partial charge in [0.1, 0.15) is 6.17 Å². The molecule has 0 unspecified atom stereocenters. The van der Waals surface area contributed by atoms with Crippen molar-refractivity contribution in [2.24, 2.45) is 0 Å². The van der Waals surface area contributed by atoms with E-state index in [4.69, 9.17) is 34.8 Å². The van der Waals surface area contributed by atoms with Crippen molar-refractivity contribution in [1.82, 2.24) is 10.6 Å². The lowest BCUT2D eigenvalue weighted by Crippen LogP contribution is -2.58. The fourth-order valence-corrected chi connectivity index (χ4v) is 1.89. The summed E-state index contributed by atoms with van der Waals surface area (Å²) in [5.74, 6) is -0.341. The number of benzene rings is 1. The van der Waals surface area contributed by atoms with Crippen LogP contribution in [0.5, 0.6) is 0 Å². The Labute approximate surface area is 140 Å². The molecule has 1 amide bonds. The molecule has 0 aliphatic rings. The highest BCUT2D eigenvalue weighted by Crippen LogP contribution is 2.30. The van der Waals surface area contributed by atoms with E-state index in [1.807, 2.05) is 51.1 Å². The molecule has 1 aromatic rings. The molecule has 0 aliphatic heterocycles. The Hall–Kier alpha value is -0.740. The molecule has 0 fully saturated rings. The number of hydrogen-bond donors (Lipinski definition) is 2. The summed E-state index contributed by atoms with van der Waals surface area (Å²) < 4.78 is -1.65. The Morgan fingerprint density at radius 2 is 1.71 bits per heavy atom. The number of carbonyl (C=O) groups is 1. The predicted octanol–water partition coefficient (Wildman–Crippen LogP) is 3.90. The van der Waals surface area contributed by atoms with Crippen LogP contribution in [0.4, 0.5) is 0 Å². The van der Waals surface area contributed by atoms with E-state index in [1.165, 1.54) is 6.08 Å². The Morgan fingerprint density at radius 3 is 2.19 bits per heavy atom. The van der Waals surface area contributed by atoms with Crippen LogP contribution in [0, 0.1) is 0 Å². The van der Waals surface area contributed by atoms with Gasteiger partial charge in [-0.15, -0.1) is 0 Å². The van der Waals surface area contributed by atoms with Crippen LogP contribution in [0.25, 0.3) is 6.08 Å². The van der Waals surface area contributed by atoms with Crippen LogP contribution in [0.15, 0.2) is 36.4 Å². The van der Waals surface area contributed by atoms with Crippen LogP contribution in [-0.2, 0) is 4.79 Å². The molecule has 0 aliphatic carbocycles. The summed E-state index contributed by atoms with van der Waals surface area (Å²) in [4.78, 5) is 11.9. The SMILES string of the molecule is CC(C)(C)N[C@@H](NC(=O)/C=C/c1ccccc1)C(Cl)(Cl)Cl. The third kappa shape index (κ3) is 7.72. The topological polar surface area (TPSA) is 41.1 Å². The molecule has 0 radical (unpaired) electrons. The maximum Gasteiger partial charge on any atom is 0.245 e. The first kappa shape index (κ1) is 18.3. The lowest BCUT2D eigenvalue weighted by atomic mass is 10.1. The number of halogens is 3. The lowest BCUT2D eigenvalue weighted by molar-refractivity contribution is -0.117. The highest BCUT2D eigenvalue weighted by Gasteiger charge is 2.35. The molecule has 0 heterocycles. The predicted molar refractivity (Wildman–Crippen MR) is 90.6 cm³/mol. The molecule has 1 rings (SSSR count). The highest BCUT2D eigenvalue weighted by molar-refractivity contribution is 6.68. The number of hydrogen-bond acceptors (Lipinski definition) is 2. The van der Waals surface area contributed by atoms with Crippen LogP contribution in [0.3, 0.4) is 0 Å². The first-order chi connectivity index (χ1) is 9.58. The summed E-state index contributed by atoms with van der Waals surface area (Å²) in [5.41, 5.74) is 0.604. The Morgan fingerprint density at radius 1 is 1.14 bits per heavy atom. The van der Waals surface area contributed by atoms with E-state index >= 15 is 0 Å². The van der Waals surface area contributed by atoms with Gasteiger partial charge < -0.3 is 5.32 Å². The van der Waals surface area contributed by atoms with Crippen LogP contribution >= 0.6 is 34.8 Å². The fourth-order valence-electron chi connectivity index (χ4n) is 1.56. The van der Waals surface area contributed by atoms with Gasteiger partial charge in [-0.05, 0) is 32.4 Å². The van der Waals surface area contributed by atoms with Gasteiger partial charge in [0.2, 0.25) is 9.70 Å². The minimum atomic E-state index is -1.65. The zero-order valence-corrected chi connectivity index (χ0v) is 14.4. The molecule has 2 N–H and O–H groups in total. The first-order valence-electron chi connectivity index (χ1n) is 6.46. The smallest absolute Gasteiger partial charge is 0.245 e. The van der Waals surface area contributed by atoms with Gasteiger partial charge in [0, 0.05) is 11.6 Å². The summed E-state index contributed by atoms with van der Waals surface area (Å²) >= 11 is 17.7. The minimum absolute atomic E-state index is 0.314. The van der Waals surface area contributed by atoms with Crippen LogP contribution in [0.1, 0.15) is 26.3 Å². The van der Waals surface area contributed by atoms with Crippen molar-refractivity contribution in [1.29, 1.82) is 0 Å². The molecule has 116 valence electrons. The molecule has 0 spiro atoms. The van der Waals surface area contributed by atoms with Crippen molar-refractivity contribution >= 4 is 46.8 Å². The summed E-state index contributed by atoms with van der Waals surface area (Å²) in [6.07, 6.45) is 2.31. The van der Waals surface area contributed by atoms with Gasteiger partial charge in [-0.25, -0.2) is 0 Å². The van der Waals surface area contributed by atoms with Crippen LogP contribution in [-0.4, -0.2) is 21.4 Å². The molecule has 3 nitrogen and oxygen atoms in total. The van der Waals surface area contributed by atoms with Crippen LogP contribution < -0.4 is 10.6 Å². The summed E-state index contributed by atoms with van der Waals surface area (Å²) in [7, 11) is 0. The molecule has 0 saturated heterocycles. The normalized spacial score (nSPS) is 14.2. The molecule has 0 aromatic heterocycles. The number of nitrogens with one attached hydrogen (secondary N) is 2. The Bertz CT molecular complexity index is 490. The first-order valence-corrected chi connectivity index (χ1v) is 7.59.